The second kappa shape index (κ2) is 6.33. The molecule has 0 spiro atoms. The van der Waals surface area contributed by atoms with Crippen molar-refractivity contribution in [3.63, 3.8) is 0 Å². The number of hydrogen-bond donors (Lipinski definition) is 1. The number of carbonyl (C=O) groups is 1. The third-order valence-corrected chi connectivity index (χ3v) is 2.33. The van der Waals surface area contributed by atoms with Gasteiger partial charge in [-0.1, -0.05) is 11.6 Å². The number of carboxylic acids is 1. The van der Waals surface area contributed by atoms with Gasteiger partial charge in [0.15, 0.2) is 0 Å². The summed E-state index contributed by atoms with van der Waals surface area (Å²) in [5.41, 5.74) is 0.736. The monoisotopic (exact) mass is 245 g/mol. The van der Waals surface area contributed by atoms with Crippen LogP contribution in [0.5, 0.6) is 0 Å². The Balaban J connectivity index is 2.74. The zero-order chi connectivity index (χ0) is 12.0. The van der Waals surface area contributed by atoms with E-state index >= 15 is 0 Å². The zero-order valence-electron chi connectivity index (χ0n) is 8.70. The van der Waals surface area contributed by atoms with Crippen molar-refractivity contribution in [3.8, 4) is 0 Å². The quantitative estimate of drug-likeness (QED) is 0.838. The van der Waals surface area contributed by atoms with Gasteiger partial charge in [-0.15, -0.1) is 0 Å². The maximum atomic E-state index is 12.1. The van der Waals surface area contributed by atoms with Gasteiger partial charge in [0.1, 0.15) is 6.54 Å². The Labute approximate surface area is 98.4 Å². The van der Waals surface area contributed by atoms with E-state index in [-0.39, 0.29) is 6.54 Å². The van der Waals surface area contributed by atoms with Crippen LogP contribution >= 0.6 is 11.6 Å². The zero-order valence-corrected chi connectivity index (χ0v) is 9.45. The third-order valence-electron chi connectivity index (χ3n) is 2.08. The molecule has 0 aliphatic heterocycles. The molecule has 88 valence electrons. The molecule has 0 aliphatic carbocycles. The lowest BCUT2D eigenvalue weighted by atomic mass is 10.2. The van der Waals surface area contributed by atoms with E-state index in [0.717, 1.165) is 5.69 Å². The standard InChI is InChI=1S/C11H13ClFNO2/c12-9-2-4-10(5-3-9)14(7-1-6-13)8-11(15)16/h2-5H,1,6-8H2,(H,15,16). The molecule has 0 aromatic heterocycles. The average molecular weight is 246 g/mol. The summed E-state index contributed by atoms with van der Waals surface area (Å²) >= 11 is 5.73. The maximum Gasteiger partial charge on any atom is 0.323 e. The molecule has 5 heteroatoms. The van der Waals surface area contributed by atoms with Crippen LogP contribution < -0.4 is 4.90 Å². The Kier molecular flexibility index (Phi) is 5.05. The molecule has 1 aromatic rings. The molecule has 0 fully saturated rings. The third kappa shape index (κ3) is 4.06. The topological polar surface area (TPSA) is 40.5 Å². The normalized spacial score (nSPS) is 10.1. The van der Waals surface area contributed by atoms with Crippen molar-refractivity contribution >= 4 is 23.3 Å². The molecule has 3 nitrogen and oxygen atoms in total. The van der Waals surface area contributed by atoms with E-state index < -0.39 is 12.6 Å². The van der Waals surface area contributed by atoms with Crippen LogP contribution in [0.4, 0.5) is 10.1 Å². The molecule has 0 amide bonds. The summed E-state index contributed by atoms with van der Waals surface area (Å²) in [6, 6.07) is 6.81. The predicted octanol–water partition coefficient (Wildman–Crippen LogP) is 2.59. The summed E-state index contributed by atoms with van der Waals surface area (Å²) < 4.78 is 12.1. The van der Waals surface area contributed by atoms with Crippen molar-refractivity contribution in [3.05, 3.63) is 29.3 Å². The highest BCUT2D eigenvalue weighted by Gasteiger charge is 2.10. The molecule has 0 aliphatic rings. The molecule has 0 atom stereocenters. The second-order valence-electron chi connectivity index (χ2n) is 3.33. The molecule has 0 radical (unpaired) electrons. The number of rotatable bonds is 6. The summed E-state index contributed by atoms with van der Waals surface area (Å²) in [5, 5.41) is 9.33. The van der Waals surface area contributed by atoms with E-state index in [2.05, 4.69) is 0 Å². The van der Waals surface area contributed by atoms with Gasteiger partial charge < -0.3 is 10.0 Å². The fourth-order valence-electron chi connectivity index (χ4n) is 1.37. The summed E-state index contributed by atoms with van der Waals surface area (Å²) in [6.07, 6.45) is 0.315. The number of aliphatic carboxylic acids is 1. The lowest BCUT2D eigenvalue weighted by Gasteiger charge is -2.22. The minimum Gasteiger partial charge on any atom is -0.480 e. The Hall–Kier alpha value is -1.29. The van der Waals surface area contributed by atoms with Crippen LogP contribution in [0, 0.1) is 0 Å². The van der Waals surface area contributed by atoms with E-state index in [0.29, 0.717) is 18.0 Å². The van der Waals surface area contributed by atoms with Gasteiger partial charge in [0.25, 0.3) is 0 Å². The molecule has 0 saturated heterocycles. The molecule has 1 N–H and O–H groups in total. The van der Waals surface area contributed by atoms with Crippen molar-refractivity contribution in [1.29, 1.82) is 0 Å². The highest BCUT2D eigenvalue weighted by molar-refractivity contribution is 6.30. The van der Waals surface area contributed by atoms with E-state index in [1.165, 1.54) is 0 Å². The summed E-state index contributed by atoms with van der Waals surface area (Å²) in [4.78, 5) is 12.3. The fraction of sp³-hybridized carbons (Fsp3) is 0.364. The molecule has 16 heavy (non-hydrogen) atoms. The first-order valence-electron chi connectivity index (χ1n) is 4.91. The van der Waals surface area contributed by atoms with E-state index in [1.807, 2.05) is 0 Å². The highest BCUT2D eigenvalue weighted by Crippen LogP contribution is 2.18. The van der Waals surface area contributed by atoms with Gasteiger partial charge in [-0.25, -0.2) is 0 Å². The van der Waals surface area contributed by atoms with Crippen LogP contribution in [0.2, 0.25) is 5.02 Å². The Bertz CT molecular complexity index is 342. The van der Waals surface area contributed by atoms with Gasteiger partial charge in [0, 0.05) is 17.3 Å². The van der Waals surface area contributed by atoms with Crippen LogP contribution in [0.25, 0.3) is 0 Å². The molecule has 1 rings (SSSR count). The number of alkyl halides is 1. The van der Waals surface area contributed by atoms with E-state index in [9.17, 15) is 9.18 Å². The fourth-order valence-corrected chi connectivity index (χ4v) is 1.49. The molecular formula is C11H13ClFNO2. The van der Waals surface area contributed by atoms with Gasteiger partial charge in [0.05, 0.1) is 6.67 Å². The minimum absolute atomic E-state index is 0.137. The summed E-state index contributed by atoms with van der Waals surface area (Å²) in [7, 11) is 0. The van der Waals surface area contributed by atoms with Gasteiger partial charge >= 0.3 is 5.97 Å². The molecule has 0 saturated carbocycles. The van der Waals surface area contributed by atoms with Crippen molar-refractivity contribution in [1.82, 2.24) is 0 Å². The number of nitrogens with zero attached hydrogens (tertiary/aromatic N) is 1. The SMILES string of the molecule is O=C(O)CN(CCCF)c1ccc(Cl)cc1. The first kappa shape index (κ1) is 12.8. The van der Waals surface area contributed by atoms with Crippen molar-refractivity contribution in [2.75, 3.05) is 24.7 Å². The first-order valence-corrected chi connectivity index (χ1v) is 5.29. The smallest absolute Gasteiger partial charge is 0.323 e. The van der Waals surface area contributed by atoms with E-state index in [4.69, 9.17) is 16.7 Å². The van der Waals surface area contributed by atoms with Gasteiger partial charge in [-0.05, 0) is 30.7 Å². The van der Waals surface area contributed by atoms with Crippen LogP contribution in [0.3, 0.4) is 0 Å². The maximum absolute atomic E-state index is 12.1. The number of carboxylic acid groups (broad SMARTS) is 1. The van der Waals surface area contributed by atoms with Gasteiger partial charge in [-0.3, -0.25) is 9.18 Å². The molecule has 0 bridgehead atoms. The Morgan fingerprint density at radius 3 is 2.50 bits per heavy atom. The van der Waals surface area contributed by atoms with Gasteiger partial charge in [0.2, 0.25) is 0 Å². The van der Waals surface area contributed by atoms with E-state index in [1.54, 1.807) is 29.2 Å². The second-order valence-corrected chi connectivity index (χ2v) is 3.77. The molecule has 0 heterocycles. The summed E-state index contributed by atoms with van der Waals surface area (Å²) in [5.74, 6) is -0.936. The van der Waals surface area contributed by atoms with Crippen LogP contribution in [0.15, 0.2) is 24.3 Å². The van der Waals surface area contributed by atoms with Gasteiger partial charge in [-0.2, -0.15) is 0 Å². The lowest BCUT2D eigenvalue weighted by molar-refractivity contribution is -0.135. The van der Waals surface area contributed by atoms with Crippen LogP contribution in [-0.4, -0.2) is 30.8 Å². The summed E-state index contributed by atoms with van der Waals surface area (Å²) in [6.45, 7) is -0.213. The van der Waals surface area contributed by atoms with Crippen LogP contribution in [-0.2, 0) is 4.79 Å². The first-order chi connectivity index (χ1) is 7.63. The highest BCUT2D eigenvalue weighted by atomic mass is 35.5. The number of halogens is 2. The average Bonchev–Trinajstić information content (AvgIpc) is 2.25. The molecular weight excluding hydrogens is 233 g/mol. The Morgan fingerprint density at radius 2 is 2.00 bits per heavy atom. The largest absolute Gasteiger partial charge is 0.480 e. The lowest BCUT2D eigenvalue weighted by Crippen LogP contribution is -2.30. The predicted molar refractivity (Wildman–Crippen MR) is 61.9 cm³/mol. The minimum atomic E-state index is -0.936. The van der Waals surface area contributed by atoms with Crippen molar-refractivity contribution in [2.24, 2.45) is 0 Å². The number of anilines is 1. The number of hydrogen-bond acceptors (Lipinski definition) is 2. The number of benzene rings is 1. The Morgan fingerprint density at radius 1 is 1.38 bits per heavy atom. The van der Waals surface area contributed by atoms with Crippen molar-refractivity contribution in [2.45, 2.75) is 6.42 Å². The van der Waals surface area contributed by atoms with Crippen LogP contribution in [0.1, 0.15) is 6.42 Å². The van der Waals surface area contributed by atoms with Crippen molar-refractivity contribution < 1.29 is 14.3 Å². The molecule has 1 aromatic carbocycles. The molecule has 0 unspecified atom stereocenters.